The summed E-state index contributed by atoms with van der Waals surface area (Å²) in [7, 11) is 3.42. The van der Waals surface area contributed by atoms with Crippen molar-refractivity contribution in [2.75, 3.05) is 19.4 Å². The molecule has 3 rings (SSSR count). The predicted octanol–water partition coefficient (Wildman–Crippen LogP) is 5.45. The van der Waals surface area contributed by atoms with Crippen LogP contribution in [0, 0.1) is 0 Å². The molecule has 3 aromatic rings. The number of tetrazole rings is 1. The summed E-state index contributed by atoms with van der Waals surface area (Å²) in [5.41, 5.74) is 1.81. The number of nitrogens with zero attached hydrogens (tertiary/aromatic N) is 4. The Labute approximate surface area is 212 Å². The van der Waals surface area contributed by atoms with E-state index in [-0.39, 0.29) is 19.0 Å². The number of aromatic nitrogens is 4. The van der Waals surface area contributed by atoms with Gasteiger partial charge in [-0.3, -0.25) is 0 Å². The zero-order chi connectivity index (χ0) is 22.2. The molecule has 0 radical (unpaired) electrons. The summed E-state index contributed by atoms with van der Waals surface area (Å²) in [6, 6.07) is 9.05. The van der Waals surface area contributed by atoms with Crippen molar-refractivity contribution < 1.29 is 9.47 Å². The molecule has 0 fully saturated rings. The monoisotopic (exact) mass is 537 g/mol. The molecule has 0 saturated carbocycles. The van der Waals surface area contributed by atoms with Gasteiger partial charge in [0.15, 0.2) is 11.5 Å². The standard InChI is InChI=1S/C20H22Cl3N5O2S.ClH/c1-28-20(25-26-27-28)31-7-3-6-24-11-13-8-17(23)19(18(9-13)29-2)30-12-14-4-5-15(21)10-16(14)22;/h4-5,8-10,24H,3,6-7,11-12H2,1-2H3;1H. The van der Waals surface area contributed by atoms with Gasteiger partial charge in [-0.25, -0.2) is 4.68 Å². The fraction of sp³-hybridized carbons (Fsp3) is 0.350. The van der Waals surface area contributed by atoms with E-state index in [4.69, 9.17) is 44.3 Å². The van der Waals surface area contributed by atoms with Crippen LogP contribution >= 0.6 is 59.0 Å². The average molecular weight is 539 g/mol. The summed E-state index contributed by atoms with van der Waals surface area (Å²) < 4.78 is 13.0. The van der Waals surface area contributed by atoms with Crippen LogP contribution in [0.3, 0.4) is 0 Å². The van der Waals surface area contributed by atoms with E-state index in [9.17, 15) is 0 Å². The quantitative estimate of drug-likeness (QED) is 0.257. The molecule has 7 nitrogen and oxygen atoms in total. The maximum atomic E-state index is 6.47. The highest BCUT2D eigenvalue weighted by molar-refractivity contribution is 7.99. The third-order valence-corrected chi connectivity index (χ3v) is 6.28. The van der Waals surface area contributed by atoms with Crippen LogP contribution in [0.2, 0.25) is 15.1 Å². The van der Waals surface area contributed by atoms with Gasteiger partial charge in [-0.1, -0.05) is 52.6 Å². The van der Waals surface area contributed by atoms with Crippen LogP contribution in [0.15, 0.2) is 35.5 Å². The van der Waals surface area contributed by atoms with Crippen LogP contribution < -0.4 is 14.8 Å². The van der Waals surface area contributed by atoms with Crippen LogP contribution in [0.1, 0.15) is 17.5 Å². The summed E-state index contributed by atoms with van der Waals surface area (Å²) in [4.78, 5) is 0. The predicted molar refractivity (Wildman–Crippen MR) is 132 cm³/mol. The molecule has 12 heteroatoms. The van der Waals surface area contributed by atoms with Gasteiger partial charge in [0.25, 0.3) is 0 Å². The largest absolute Gasteiger partial charge is 0.493 e. The zero-order valence-electron chi connectivity index (χ0n) is 17.5. The normalized spacial score (nSPS) is 10.7. The molecule has 1 N–H and O–H groups in total. The van der Waals surface area contributed by atoms with Crippen molar-refractivity contribution in [2.24, 2.45) is 7.05 Å². The van der Waals surface area contributed by atoms with Crippen molar-refractivity contribution in [1.29, 1.82) is 0 Å². The van der Waals surface area contributed by atoms with E-state index in [1.54, 1.807) is 35.7 Å². The number of benzene rings is 2. The minimum Gasteiger partial charge on any atom is -0.493 e. The van der Waals surface area contributed by atoms with E-state index in [0.29, 0.717) is 33.1 Å². The number of nitrogens with one attached hydrogen (secondary N) is 1. The van der Waals surface area contributed by atoms with E-state index in [1.165, 1.54) is 0 Å². The van der Waals surface area contributed by atoms with Gasteiger partial charge in [0.05, 0.1) is 12.1 Å². The van der Waals surface area contributed by atoms with E-state index in [0.717, 1.165) is 35.0 Å². The molecule has 0 spiro atoms. The molecule has 0 amide bonds. The molecular formula is C20H23Cl4N5O2S. The molecule has 0 atom stereocenters. The molecule has 174 valence electrons. The van der Waals surface area contributed by atoms with Crippen LogP contribution in [0.25, 0.3) is 0 Å². The van der Waals surface area contributed by atoms with Crippen LogP contribution in [-0.4, -0.2) is 39.6 Å². The maximum Gasteiger partial charge on any atom is 0.209 e. The Bertz CT molecular complexity index is 1020. The summed E-state index contributed by atoms with van der Waals surface area (Å²) in [5, 5.41) is 17.2. The Balaban J connectivity index is 0.00000363. The second-order valence-electron chi connectivity index (χ2n) is 6.60. The Morgan fingerprint density at radius 1 is 1.12 bits per heavy atom. The van der Waals surface area contributed by atoms with Crippen molar-refractivity contribution in [2.45, 2.75) is 24.7 Å². The highest BCUT2D eigenvalue weighted by Gasteiger charge is 2.13. The smallest absolute Gasteiger partial charge is 0.209 e. The summed E-state index contributed by atoms with van der Waals surface area (Å²) in [5.74, 6) is 1.97. The molecule has 0 bridgehead atoms. The van der Waals surface area contributed by atoms with Crippen molar-refractivity contribution in [3.63, 3.8) is 0 Å². The van der Waals surface area contributed by atoms with Crippen molar-refractivity contribution in [3.05, 3.63) is 56.5 Å². The minimum absolute atomic E-state index is 0. The summed E-state index contributed by atoms with van der Waals surface area (Å²) in [6.45, 7) is 1.77. The highest BCUT2D eigenvalue weighted by atomic mass is 35.5. The molecule has 1 heterocycles. The van der Waals surface area contributed by atoms with Gasteiger partial charge in [0.2, 0.25) is 5.16 Å². The summed E-state index contributed by atoms with van der Waals surface area (Å²) >= 11 is 20.3. The van der Waals surface area contributed by atoms with Gasteiger partial charge in [0, 0.05) is 35.0 Å². The van der Waals surface area contributed by atoms with E-state index in [2.05, 4.69) is 20.8 Å². The van der Waals surface area contributed by atoms with Crippen LogP contribution in [-0.2, 0) is 20.2 Å². The first-order valence-corrected chi connectivity index (χ1v) is 11.6. The Kier molecular flexibility index (Phi) is 11.2. The first-order valence-electron chi connectivity index (χ1n) is 9.47. The lowest BCUT2D eigenvalue weighted by atomic mass is 10.2. The number of hydrogen-bond donors (Lipinski definition) is 1. The fourth-order valence-corrected chi connectivity index (χ4v) is 4.28. The third kappa shape index (κ3) is 7.57. The lowest BCUT2D eigenvalue weighted by molar-refractivity contribution is 0.284. The lowest BCUT2D eigenvalue weighted by Gasteiger charge is -2.15. The van der Waals surface area contributed by atoms with Crippen molar-refractivity contribution in [3.8, 4) is 11.5 Å². The first-order chi connectivity index (χ1) is 15.0. The number of hydrogen-bond acceptors (Lipinski definition) is 7. The van der Waals surface area contributed by atoms with Crippen LogP contribution in [0.4, 0.5) is 0 Å². The molecule has 0 unspecified atom stereocenters. The van der Waals surface area contributed by atoms with Crippen LogP contribution in [0.5, 0.6) is 11.5 Å². The molecule has 1 aromatic heterocycles. The van der Waals surface area contributed by atoms with Gasteiger partial charge < -0.3 is 14.8 Å². The van der Waals surface area contributed by atoms with Gasteiger partial charge in [-0.05, 0) is 53.2 Å². The molecule has 0 aliphatic rings. The molecule has 0 aliphatic carbocycles. The molecular weight excluding hydrogens is 516 g/mol. The first kappa shape index (κ1) is 26.8. The number of halogens is 4. The highest BCUT2D eigenvalue weighted by Crippen LogP contribution is 2.37. The second-order valence-corrected chi connectivity index (χ2v) is 8.91. The molecule has 0 aliphatic heterocycles. The fourth-order valence-electron chi connectivity index (χ4n) is 2.74. The molecule has 32 heavy (non-hydrogen) atoms. The van der Waals surface area contributed by atoms with Crippen molar-refractivity contribution in [1.82, 2.24) is 25.5 Å². The van der Waals surface area contributed by atoms with Crippen molar-refractivity contribution >= 4 is 59.0 Å². The molecule has 0 saturated heterocycles. The van der Waals surface area contributed by atoms with Gasteiger partial charge in [0.1, 0.15) is 6.61 Å². The number of thioether (sulfide) groups is 1. The van der Waals surface area contributed by atoms with E-state index in [1.807, 2.05) is 25.2 Å². The third-order valence-electron chi connectivity index (χ3n) is 4.32. The number of aryl methyl sites for hydroxylation is 1. The summed E-state index contributed by atoms with van der Waals surface area (Å²) in [6.07, 6.45) is 0.978. The molecule has 2 aromatic carbocycles. The average Bonchev–Trinajstić information content (AvgIpc) is 3.15. The number of methoxy groups -OCH3 is 1. The maximum absolute atomic E-state index is 6.47. The second kappa shape index (κ2) is 13.3. The topological polar surface area (TPSA) is 74.1 Å². The minimum atomic E-state index is 0. The van der Waals surface area contributed by atoms with Gasteiger partial charge in [-0.2, -0.15) is 0 Å². The number of ether oxygens (including phenoxy) is 2. The lowest BCUT2D eigenvalue weighted by Crippen LogP contribution is -2.15. The van der Waals surface area contributed by atoms with Gasteiger partial charge >= 0.3 is 0 Å². The van der Waals surface area contributed by atoms with E-state index < -0.39 is 0 Å². The SMILES string of the molecule is COc1cc(CNCCCSc2nnnn2C)cc(Cl)c1OCc1ccc(Cl)cc1Cl.Cl. The van der Waals surface area contributed by atoms with Gasteiger partial charge in [-0.15, -0.1) is 17.5 Å². The number of rotatable bonds is 11. The Morgan fingerprint density at radius 2 is 1.94 bits per heavy atom. The Hall–Kier alpha value is -1.42. The zero-order valence-corrected chi connectivity index (χ0v) is 21.4. The Morgan fingerprint density at radius 3 is 2.62 bits per heavy atom. The van der Waals surface area contributed by atoms with E-state index >= 15 is 0 Å².